The molecule has 1 unspecified atom stereocenters. The van der Waals surface area contributed by atoms with Crippen LogP contribution >= 0.6 is 0 Å². The van der Waals surface area contributed by atoms with Crippen LogP contribution in [0.4, 0.5) is 5.95 Å². The highest BCUT2D eigenvalue weighted by atomic mass is 16.5. The number of likely N-dealkylation sites (tertiary alicyclic amines) is 1. The smallest absolute Gasteiger partial charge is 0.336 e. The molecule has 2 aliphatic heterocycles. The third-order valence-electron chi connectivity index (χ3n) is 5.46. The summed E-state index contributed by atoms with van der Waals surface area (Å²) in [5, 5.41) is 9.43. The molecule has 1 saturated heterocycles. The van der Waals surface area contributed by atoms with Crippen molar-refractivity contribution < 1.29 is 14.6 Å². The van der Waals surface area contributed by atoms with Crippen LogP contribution in [0.25, 0.3) is 0 Å². The Balaban J connectivity index is 1.60. The highest BCUT2D eigenvalue weighted by Crippen LogP contribution is 2.40. The van der Waals surface area contributed by atoms with Crippen LogP contribution in [0.5, 0.6) is 0 Å². The molecular formula is C20H24N4O3. The fourth-order valence-corrected chi connectivity index (χ4v) is 4.11. The molecule has 142 valence electrons. The number of aromatic nitrogens is 2. The number of carboxylic acid groups (broad SMARTS) is 1. The number of anilines is 1. The van der Waals surface area contributed by atoms with Gasteiger partial charge in [0.2, 0.25) is 5.95 Å². The van der Waals surface area contributed by atoms with Crippen molar-refractivity contribution in [3.8, 4) is 0 Å². The third-order valence-corrected chi connectivity index (χ3v) is 5.46. The van der Waals surface area contributed by atoms with Crippen LogP contribution in [-0.2, 0) is 23.3 Å². The van der Waals surface area contributed by atoms with E-state index in [1.54, 1.807) is 12.1 Å². The topological polar surface area (TPSA) is 78.8 Å². The van der Waals surface area contributed by atoms with Crippen molar-refractivity contribution in [2.24, 2.45) is 0 Å². The van der Waals surface area contributed by atoms with Gasteiger partial charge in [-0.1, -0.05) is 18.2 Å². The van der Waals surface area contributed by atoms with Gasteiger partial charge < -0.3 is 14.7 Å². The van der Waals surface area contributed by atoms with E-state index >= 15 is 0 Å². The van der Waals surface area contributed by atoms with E-state index < -0.39 is 5.97 Å². The average molecular weight is 368 g/mol. The van der Waals surface area contributed by atoms with Crippen molar-refractivity contribution in [2.75, 3.05) is 38.7 Å². The Bertz CT molecular complexity index is 870. The van der Waals surface area contributed by atoms with Crippen LogP contribution in [0.15, 0.2) is 30.5 Å². The Morgan fingerprint density at radius 3 is 2.96 bits per heavy atom. The van der Waals surface area contributed by atoms with E-state index in [2.05, 4.69) is 9.88 Å². The number of carboxylic acids is 1. The summed E-state index contributed by atoms with van der Waals surface area (Å²) in [5.41, 5.74) is 3.20. The maximum Gasteiger partial charge on any atom is 0.336 e. The van der Waals surface area contributed by atoms with Crippen LogP contribution in [0.3, 0.4) is 0 Å². The summed E-state index contributed by atoms with van der Waals surface area (Å²) < 4.78 is 5.88. The number of ether oxygens (including phenoxy) is 1. The fourth-order valence-electron chi connectivity index (χ4n) is 4.11. The van der Waals surface area contributed by atoms with Crippen LogP contribution in [0.1, 0.15) is 33.6 Å². The zero-order valence-corrected chi connectivity index (χ0v) is 15.7. The van der Waals surface area contributed by atoms with Gasteiger partial charge in [0.25, 0.3) is 0 Å². The van der Waals surface area contributed by atoms with Crippen molar-refractivity contribution in [3.05, 3.63) is 52.8 Å². The summed E-state index contributed by atoms with van der Waals surface area (Å²) in [6.07, 6.45) is 2.82. The minimum absolute atomic E-state index is 0.153. The molecule has 0 aliphatic carbocycles. The first kappa shape index (κ1) is 17.9. The molecule has 0 amide bonds. The second kappa shape index (κ2) is 6.90. The van der Waals surface area contributed by atoms with Gasteiger partial charge in [0.15, 0.2) is 0 Å². The number of hydrogen-bond donors (Lipinski definition) is 1. The van der Waals surface area contributed by atoms with E-state index in [0.29, 0.717) is 31.3 Å². The van der Waals surface area contributed by atoms with Gasteiger partial charge in [-0.15, -0.1) is 0 Å². The lowest BCUT2D eigenvalue weighted by Gasteiger charge is -2.35. The van der Waals surface area contributed by atoms with Crippen molar-refractivity contribution in [3.63, 3.8) is 0 Å². The number of aromatic carboxylic acids is 1. The van der Waals surface area contributed by atoms with Crippen LogP contribution in [0, 0.1) is 0 Å². The number of hydrogen-bond acceptors (Lipinski definition) is 6. The summed E-state index contributed by atoms with van der Waals surface area (Å²) in [5.74, 6) is -0.168. The lowest BCUT2D eigenvalue weighted by Crippen LogP contribution is -2.40. The summed E-state index contributed by atoms with van der Waals surface area (Å²) in [7, 11) is 3.88. The van der Waals surface area contributed by atoms with E-state index in [0.717, 1.165) is 36.3 Å². The fraction of sp³-hybridized carbons (Fsp3) is 0.450. The molecule has 0 saturated carbocycles. The van der Waals surface area contributed by atoms with Gasteiger partial charge in [0.05, 0.1) is 29.9 Å². The Morgan fingerprint density at radius 1 is 1.37 bits per heavy atom. The minimum atomic E-state index is -0.880. The molecule has 2 aromatic rings. The molecule has 4 rings (SSSR count). The first-order valence-electron chi connectivity index (χ1n) is 9.13. The van der Waals surface area contributed by atoms with E-state index in [1.807, 2.05) is 37.3 Å². The molecule has 2 aliphatic rings. The monoisotopic (exact) mass is 368 g/mol. The molecule has 1 fully saturated rings. The Morgan fingerprint density at radius 2 is 2.19 bits per heavy atom. The second-order valence-electron chi connectivity index (χ2n) is 7.63. The Hall–Kier alpha value is -2.51. The van der Waals surface area contributed by atoms with Crippen molar-refractivity contribution in [1.82, 2.24) is 14.9 Å². The highest BCUT2D eigenvalue weighted by Gasteiger charge is 2.45. The van der Waals surface area contributed by atoms with Gasteiger partial charge in [-0.05, 0) is 24.6 Å². The number of benzene rings is 1. The molecular weight excluding hydrogens is 344 g/mol. The minimum Gasteiger partial charge on any atom is -0.478 e. The molecule has 1 aromatic heterocycles. The first-order chi connectivity index (χ1) is 13.0. The quantitative estimate of drug-likeness (QED) is 0.883. The molecule has 1 spiro atoms. The molecule has 27 heavy (non-hydrogen) atoms. The molecule has 7 heteroatoms. The SMILES string of the molecule is CN(C)c1ncc2c(n1)C1(CCN(Cc3ccccc3C(=O)O)C1)COC2. The Kier molecular flexibility index (Phi) is 4.57. The number of fused-ring (bicyclic) bond motifs is 2. The molecule has 1 N–H and O–H groups in total. The molecule has 7 nitrogen and oxygen atoms in total. The average Bonchev–Trinajstić information content (AvgIpc) is 3.05. The maximum absolute atomic E-state index is 11.5. The van der Waals surface area contributed by atoms with Crippen molar-refractivity contribution in [2.45, 2.75) is 25.0 Å². The van der Waals surface area contributed by atoms with E-state index in [1.165, 1.54) is 0 Å². The molecule has 1 atom stereocenters. The van der Waals surface area contributed by atoms with Crippen LogP contribution in [0.2, 0.25) is 0 Å². The van der Waals surface area contributed by atoms with Gasteiger partial charge in [0, 0.05) is 38.9 Å². The van der Waals surface area contributed by atoms with Crippen molar-refractivity contribution >= 4 is 11.9 Å². The summed E-state index contributed by atoms with van der Waals surface area (Å²) >= 11 is 0. The zero-order valence-electron chi connectivity index (χ0n) is 15.7. The van der Waals surface area contributed by atoms with Gasteiger partial charge >= 0.3 is 5.97 Å². The number of nitrogens with zero attached hydrogens (tertiary/aromatic N) is 4. The predicted octanol–water partition coefficient (Wildman–Crippen LogP) is 1.91. The zero-order chi connectivity index (χ0) is 19.0. The van der Waals surface area contributed by atoms with Crippen LogP contribution in [-0.4, -0.2) is 59.7 Å². The Labute approximate surface area is 158 Å². The largest absolute Gasteiger partial charge is 0.478 e. The van der Waals surface area contributed by atoms with E-state index in [9.17, 15) is 9.90 Å². The maximum atomic E-state index is 11.5. The van der Waals surface area contributed by atoms with Gasteiger partial charge in [0.1, 0.15) is 0 Å². The number of rotatable bonds is 4. The molecule has 0 bridgehead atoms. The van der Waals surface area contributed by atoms with E-state index in [-0.39, 0.29) is 5.41 Å². The molecule has 0 radical (unpaired) electrons. The van der Waals surface area contributed by atoms with Crippen molar-refractivity contribution in [1.29, 1.82) is 0 Å². The lowest BCUT2D eigenvalue weighted by molar-refractivity contribution is 0.0502. The summed E-state index contributed by atoms with van der Waals surface area (Å²) in [6, 6.07) is 7.22. The number of carbonyl (C=O) groups is 1. The normalized spacial score (nSPS) is 22.0. The summed E-state index contributed by atoms with van der Waals surface area (Å²) in [4.78, 5) is 25.0. The predicted molar refractivity (Wildman–Crippen MR) is 101 cm³/mol. The standard InChI is InChI=1S/C20H24N4O3/c1-23(2)19-21-9-15-11-27-13-20(17(15)22-19)7-8-24(12-20)10-14-5-3-4-6-16(14)18(25)26/h3-6,9H,7-8,10-13H2,1-2H3,(H,25,26). The first-order valence-corrected chi connectivity index (χ1v) is 9.13. The lowest BCUT2D eigenvalue weighted by atomic mass is 9.80. The second-order valence-corrected chi connectivity index (χ2v) is 7.63. The van der Waals surface area contributed by atoms with E-state index in [4.69, 9.17) is 9.72 Å². The molecule has 1 aromatic carbocycles. The van der Waals surface area contributed by atoms with Gasteiger partial charge in [-0.2, -0.15) is 0 Å². The molecule has 3 heterocycles. The van der Waals surface area contributed by atoms with Gasteiger partial charge in [-0.3, -0.25) is 4.90 Å². The van der Waals surface area contributed by atoms with Crippen LogP contribution < -0.4 is 4.90 Å². The van der Waals surface area contributed by atoms with Gasteiger partial charge in [-0.25, -0.2) is 14.8 Å². The third kappa shape index (κ3) is 3.28. The summed E-state index contributed by atoms with van der Waals surface area (Å²) in [6.45, 7) is 3.49. The highest BCUT2D eigenvalue weighted by molar-refractivity contribution is 5.89.